The van der Waals surface area contributed by atoms with E-state index in [1.54, 1.807) is 0 Å². The first-order chi connectivity index (χ1) is 24.2. The standard InChI is InChI=1S/C34H10F9N9/c35-32(36,37)21-2-14(7-44)1-17(10-47)26(21)18(11-48)29-30(19(12-49)27-22(33(38,39)40)3-15(8-45)5-24(27)51)31(29)20(13-50)28-23(34(41,42)43)4-16(9-46)6-25(28)52/h1-6H,51-52H2/b29-18?,30-19-,31-20+. The molecular weight excluding hydrogens is 705 g/mol. The van der Waals surface area contributed by atoms with Gasteiger partial charge < -0.3 is 11.5 Å². The molecule has 0 aromatic heterocycles. The Hall–Kier alpha value is -7.72. The Balaban J connectivity index is 2.42. The molecule has 0 amide bonds. The Morgan fingerprint density at radius 2 is 0.712 bits per heavy atom. The highest BCUT2D eigenvalue weighted by Gasteiger charge is 2.48. The molecule has 18 heteroatoms. The number of allylic oxidation sites excluding steroid dienone is 6. The van der Waals surface area contributed by atoms with Crippen molar-refractivity contribution < 1.29 is 39.5 Å². The van der Waals surface area contributed by atoms with Crippen molar-refractivity contribution in [1.29, 1.82) is 36.8 Å². The number of nitrogens with two attached hydrogens (primary N) is 2. The van der Waals surface area contributed by atoms with Crippen LogP contribution < -0.4 is 11.5 Å². The van der Waals surface area contributed by atoms with Crippen molar-refractivity contribution in [3.63, 3.8) is 0 Å². The summed E-state index contributed by atoms with van der Waals surface area (Å²) >= 11 is 0. The SMILES string of the molecule is N#CC(=C1C(=C(/C#N)c2c(N)cc(C#N)cc2C(F)(F)F)/C1=C(/C#N)c1c(N)cc(C#N)cc1C(F)(F)F)c1c(C#N)cc(C#N)cc1C(F)(F)F. The van der Waals surface area contributed by atoms with E-state index >= 15 is 0 Å². The van der Waals surface area contributed by atoms with Gasteiger partial charge in [0, 0.05) is 44.8 Å². The van der Waals surface area contributed by atoms with Gasteiger partial charge in [-0.2, -0.15) is 76.3 Å². The van der Waals surface area contributed by atoms with Crippen LogP contribution >= 0.6 is 0 Å². The third-order valence-electron chi connectivity index (χ3n) is 7.42. The number of halogens is 9. The van der Waals surface area contributed by atoms with E-state index < -0.39 is 119 Å². The second-order valence-corrected chi connectivity index (χ2v) is 10.4. The molecule has 254 valence electrons. The Morgan fingerprint density at radius 3 is 0.981 bits per heavy atom. The summed E-state index contributed by atoms with van der Waals surface area (Å²) < 4.78 is 130. The molecule has 9 nitrogen and oxygen atoms in total. The molecule has 1 saturated carbocycles. The fourth-order valence-corrected chi connectivity index (χ4v) is 5.40. The molecule has 0 unspecified atom stereocenters. The van der Waals surface area contributed by atoms with Crippen LogP contribution in [0.5, 0.6) is 0 Å². The summed E-state index contributed by atoms with van der Waals surface area (Å²) in [5, 5.41) is 68.3. The van der Waals surface area contributed by atoms with Gasteiger partial charge in [-0.25, -0.2) is 0 Å². The molecule has 1 fully saturated rings. The van der Waals surface area contributed by atoms with E-state index in [0.29, 0.717) is 18.2 Å². The highest BCUT2D eigenvalue weighted by Crippen LogP contribution is 2.59. The summed E-state index contributed by atoms with van der Waals surface area (Å²) in [6.45, 7) is 0. The summed E-state index contributed by atoms with van der Waals surface area (Å²) in [5.41, 5.74) is -8.81. The minimum Gasteiger partial charge on any atom is -0.398 e. The molecular formula is C34H10F9N9. The fourth-order valence-electron chi connectivity index (χ4n) is 5.40. The summed E-state index contributed by atoms with van der Waals surface area (Å²) in [7, 11) is 0. The van der Waals surface area contributed by atoms with Crippen molar-refractivity contribution in [2.24, 2.45) is 0 Å². The highest BCUT2D eigenvalue weighted by atomic mass is 19.4. The first kappa shape index (κ1) is 37.1. The van der Waals surface area contributed by atoms with Gasteiger partial charge in [0.05, 0.1) is 79.9 Å². The lowest BCUT2D eigenvalue weighted by Gasteiger charge is -2.15. The average Bonchev–Trinajstić information content (AvgIpc) is 3.78. The smallest absolute Gasteiger partial charge is 0.398 e. The van der Waals surface area contributed by atoms with Crippen molar-refractivity contribution in [1.82, 2.24) is 0 Å². The van der Waals surface area contributed by atoms with E-state index in [-0.39, 0.29) is 18.2 Å². The molecule has 3 aromatic rings. The van der Waals surface area contributed by atoms with Crippen LogP contribution in [0.4, 0.5) is 50.9 Å². The van der Waals surface area contributed by atoms with E-state index in [9.17, 15) is 76.3 Å². The van der Waals surface area contributed by atoms with Gasteiger partial charge in [-0.15, -0.1) is 0 Å². The number of hydrogen-bond donors (Lipinski definition) is 2. The monoisotopic (exact) mass is 715 g/mol. The summed E-state index contributed by atoms with van der Waals surface area (Å²) in [6.07, 6.45) is -16.2. The van der Waals surface area contributed by atoms with Crippen LogP contribution in [-0.4, -0.2) is 0 Å². The number of nitrogens with zero attached hydrogens (tertiary/aromatic N) is 7. The van der Waals surface area contributed by atoms with E-state index in [1.807, 2.05) is 0 Å². The van der Waals surface area contributed by atoms with Crippen LogP contribution in [0.25, 0.3) is 16.7 Å². The number of nitriles is 7. The lowest BCUT2D eigenvalue weighted by atomic mass is 9.91. The molecule has 1 aliphatic carbocycles. The summed E-state index contributed by atoms with van der Waals surface area (Å²) in [5.74, 6) is 0. The molecule has 0 atom stereocenters. The lowest BCUT2D eigenvalue weighted by molar-refractivity contribution is -0.138. The lowest BCUT2D eigenvalue weighted by Crippen LogP contribution is -2.12. The Labute approximate surface area is 285 Å². The van der Waals surface area contributed by atoms with Gasteiger partial charge in [0.1, 0.15) is 18.2 Å². The first-order valence-corrected chi connectivity index (χ1v) is 13.6. The normalized spacial score (nSPS) is 15.3. The van der Waals surface area contributed by atoms with Crippen molar-refractivity contribution in [2.45, 2.75) is 18.5 Å². The molecule has 0 saturated heterocycles. The van der Waals surface area contributed by atoms with E-state index in [4.69, 9.17) is 11.5 Å². The number of anilines is 2. The van der Waals surface area contributed by atoms with Crippen LogP contribution in [0.1, 0.15) is 55.6 Å². The number of nitrogen functional groups attached to an aromatic ring is 2. The maximum Gasteiger partial charge on any atom is 0.417 e. The Morgan fingerprint density at radius 1 is 0.423 bits per heavy atom. The van der Waals surface area contributed by atoms with Crippen molar-refractivity contribution in [3.8, 4) is 42.5 Å². The average molecular weight is 715 g/mol. The zero-order chi connectivity index (χ0) is 39.1. The van der Waals surface area contributed by atoms with Crippen molar-refractivity contribution >= 4 is 28.1 Å². The van der Waals surface area contributed by atoms with Gasteiger partial charge in [-0.1, -0.05) is 0 Å². The molecule has 0 spiro atoms. The zero-order valence-corrected chi connectivity index (χ0v) is 25.2. The largest absolute Gasteiger partial charge is 0.417 e. The molecule has 0 aliphatic heterocycles. The maximum absolute atomic E-state index is 14.4. The van der Waals surface area contributed by atoms with Gasteiger partial charge in [0.25, 0.3) is 0 Å². The van der Waals surface area contributed by atoms with Crippen LogP contribution in [0.2, 0.25) is 0 Å². The molecule has 0 bridgehead atoms. The van der Waals surface area contributed by atoms with Crippen LogP contribution in [-0.2, 0) is 18.5 Å². The Bertz CT molecular complexity index is 2400. The van der Waals surface area contributed by atoms with E-state index in [1.165, 1.54) is 42.5 Å². The zero-order valence-electron chi connectivity index (χ0n) is 25.2. The molecule has 0 radical (unpaired) electrons. The van der Waals surface area contributed by atoms with E-state index in [2.05, 4.69) is 0 Å². The third-order valence-corrected chi connectivity index (χ3v) is 7.42. The molecule has 4 rings (SSSR count). The number of rotatable bonds is 3. The quantitative estimate of drug-likeness (QED) is 0.154. The molecule has 3 aromatic carbocycles. The van der Waals surface area contributed by atoms with Gasteiger partial charge in [-0.05, 0) is 36.4 Å². The predicted octanol–water partition coefficient (Wildman–Crippen LogP) is 7.64. The molecule has 0 heterocycles. The minimum atomic E-state index is -5.45. The Kier molecular flexibility index (Phi) is 9.24. The minimum absolute atomic E-state index is 0.223. The highest BCUT2D eigenvalue weighted by molar-refractivity contribution is 6.14. The van der Waals surface area contributed by atoms with Crippen LogP contribution in [0.15, 0.2) is 53.1 Å². The number of alkyl halides is 9. The van der Waals surface area contributed by atoms with Crippen LogP contribution in [0, 0.1) is 79.3 Å². The van der Waals surface area contributed by atoms with Gasteiger partial charge >= 0.3 is 18.5 Å². The topological polar surface area (TPSA) is 219 Å². The van der Waals surface area contributed by atoms with Gasteiger partial charge in [0.2, 0.25) is 0 Å². The molecule has 52 heavy (non-hydrogen) atoms. The maximum atomic E-state index is 14.4. The first-order valence-electron chi connectivity index (χ1n) is 13.6. The van der Waals surface area contributed by atoms with Crippen molar-refractivity contribution in [2.75, 3.05) is 11.5 Å². The number of benzene rings is 3. The summed E-state index contributed by atoms with van der Waals surface area (Å²) in [4.78, 5) is 0. The predicted molar refractivity (Wildman–Crippen MR) is 160 cm³/mol. The fraction of sp³-hybridized carbons (Fsp3) is 0.0882. The third kappa shape index (κ3) is 6.38. The second kappa shape index (κ2) is 13.0. The summed E-state index contributed by atoms with van der Waals surface area (Å²) in [6, 6.07) is 12.4. The second-order valence-electron chi connectivity index (χ2n) is 10.4. The van der Waals surface area contributed by atoms with Crippen LogP contribution in [0.3, 0.4) is 0 Å². The molecule has 1 aliphatic rings. The van der Waals surface area contributed by atoms with Gasteiger partial charge in [0.15, 0.2) is 0 Å². The van der Waals surface area contributed by atoms with E-state index in [0.717, 1.165) is 0 Å². The molecule has 4 N–H and O–H groups in total. The number of hydrogen-bond acceptors (Lipinski definition) is 9. The van der Waals surface area contributed by atoms with Gasteiger partial charge in [-0.3, -0.25) is 0 Å². The van der Waals surface area contributed by atoms with Crippen molar-refractivity contribution in [3.05, 3.63) is 109 Å².